The van der Waals surface area contributed by atoms with E-state index in [4.69, 9.17) is 4.74 Å². The molecule has 5 nitrogen and oxygen atoms in total. The Bertz CT molecular complexity index is 583. The van der Waals surface area contributed by atoms with Gasteiger partial charge in [0.05, 0.1) is 23.3 Å². The SMILES string of the molecule is O=C1c2ccccc2C(=O)N1CCCCN1CC2CCC(C1)O2. The van der Waals surface area contributed by atoms with Gasteiger partial charge in [0, 0.05) is 19.6 Å². The first-order chi connectivity index (χ1) is 11.2. The molecule has 122 valence electrons. The third-order valence-electron chi connectivity index (χ3n) is 5.10. The number of imide groups is 1. The molecule has 0 N–H and O–H groups in total. The number of fused-ring (bicyclic) bond motifs is 3. The van der Waals surface area contributed by atoms with Gasteiger partial charge in [-0.05, 0) is 44.4 Å². The summed E-state index contributed by atoms with van der Waals surface area (Å²) in [6.07, 6.45) is 5.09. The summed E-state index contributed by atoms with van der Waals surface area (Å²) in [4.78, 5) is 28.4. The highest BCUT2D eigenvalue weighted by Crippen LogP contribution is 2.26. The Labute approximate surface area is 136 Å². The Morgan fingerprint density at radius 1 is 0.913 bits per heavy atom. The Morgan fingerprint density at radius 3 is 2.09 bits per heavy atom. The predicted molar refractivity (Wildman–Crippen MR) is 85.4 cm³/mol. The molecule has 0 saturated carbocycles. The molecule has 23 heavy (non-hydrogen) atoms. The van der Waals surface area contributed by atoms with E-state index in [9.17, 15) is 9.59 Å². The van der Waals surface area contributed by atoms with Crippen LogP contribution in [0.3, 0.4) is 0 Å². The van der Waals surface area contributed by atoms with Crippen LogP contribution >= 0.6 is 0 Å². The molecule has 0 spiro atoms. The molecular formula is C18H22N2O3. The minimum absolute atomic E-state index is 0.144. The smallest absolute Gasteiger partial charge is 0.261 e. The van der Waals surface area contributed by atoms with Crippen LogP contribution in [-0.2, 0) is 4.74 Å². The van der Waals surface area contributed by atoms with E-state index in [0.717, 1.165) is 32.5 Å². The standard InChI is InChI=1S/C18H22N2O3/c21-17-15-5-1-2-6-16(15)18(22)20(17)10-4-3-9-19-11-13-7-8-14(12-19)23-13/h1-2,5-6,13-14H,3-4,7-12H2. The number of likely N-dealkylation sites (tertiary alicyclic amines) is 1. The average molecular weight is 314 g/mol. The maximum atomic E-state index is 12.3. The number of benzene rings is 1. The highest BCUT2D eigenvalue weighted by atomic mass is 16.5. The molecule has 3 aliphatic heterocycles. The highest BCUT2D eigenvalue weighted by molar-refractivity contribution is 6.21. The highest BCUT2D eigenvalue weighted by Gasteiger charge is 2.35. The molecule has 2 saturated heterocycles. The first-order valence-electron chi connectivity index (χ1n) is 8.55. The molecule has 2 bridgehead atoms. The molecule has 2 atom stereocenters. The minimum atomic E-state index is -0.144. The Hall–Kier alpha value is -1.72. The van der Waals surface area contributed by atoms with Gasteiger partial charge in [0.2, 0.25) is 0 Å². The van der Waals surface area contributed by atoms with Crippen LogP contribution in [0.2, 0.25) is 0 Å². The normalized spacial score (nSPS) is 26.9. The monoisotopic (exact) mass is 314 g/mol. The van der Waals surface area contributed by atoms with Gasteiger partial charge in [-0.3, -0.25) is 19.4 Å². The van der Waals surface area contributed by atoms with Gasteiger partial charge in [0.25, 0.3) is 11.8 Å². The zero-order valence-corrected chi connectivity index (χ0v) is 13.2. The molecule has 0 aromatic heterocycles. The van der Waals surface area contributed by atoms with Crippen molar-refractivity contribution in [2.75, 3.05) is 26.2 Å². The van der Waals surface area contributed by atoms with Gasteiger partial charge in [-0.15, -0.1) is 0 Å². The van der Waals surface area contributed by atoms with Crippen LogP contribution < -0.4 is 0 Å². The molecule has 5 heteroatoms. The topological polar surface area (TPSA) is 49.9 Å². The predicted octanol–water partition coefficient (Wildman–Crippen LogP) is 1.93. The Balaban J connectivity index is 1.26. The fourth-order valence-corrected chi connectivity index (χ4v) is 3.93. The van der Waals surface area contributed by atoms with E-state index in [1.807, 2.05) is 0 Å². The van der Waals surface area contributed by atoms with Crippen LogP contribution in [0.5, 0.6) is 0 Å². The second kappa shape index (κ2) is 6.06. The summed E-state index contributed by atoms with van der Waals surface area (Å²) in [5, 5.41) is 0. The van der Waals surface area contributed by atoms with Crippen LogP contribution in [0.15, 0.2) is 24.3 Å². The first-order valence-corrected chi connectivity index (χ1v) is 8.55. The number of ether oxygens (including phenoxy) is 1. The quantitative estimate of drug-likeness (QED) is 0.615. The van der Waals surface area contributed by atoms with Crippen molar-refractivity contribution in [3.05, 3.63) is 35.4 Å². The van der Waals surface area contributed by atoms with E-state index in [1.165, 1.54) is 17.7 Å². The fourth-order valence-electron chi connectivity index (χ4n) is 3.93. The molecule has 3 aliphatic rings. The van der Waals surface area contributed by atoms with Crippen LogP contribution in [-0.4, -0.2) is 60.0 Å². The van der Waals surface area contributed by atoms with Gasteiger partial charge in [0.1, 0.15) is 0 Å². The van der Waals surface area contributed by atoms with Crippen molar-refractivity contribution in [3.63, 3.8) is 0 Å². The molecule has 0 aliphatic carbocycles. The first kappa shape index (κ1) is 14.8. The fraction of sp³-hybridized carbons (Fsp3) is 0.556. The van der Waals surface area contributed by atoms with E-state index < -0.39 is 0 Å². The van der Waals surface area contributed by atoms with E-state index in [-0.39, 0.29) is 11.8 Å². The number of rotatable bonds is 5. The summed E-state index contributed by atoms with van der Waals surface area (Å²) in [7, 11) is 0. The van der Waals surface area contributed by atoms with E-state index in [1.54, 1.807) is 24.3 Å². The van der Waals surface area contributed by atoms with Gasteiger partial charge >= 0.3 is 0 Å². The number of nitrogens with zero attached hydrogens (tertiary/aromatic N) is 2. The average Bonchev–Trinajstić information content (AvgIpc) is 3.03. The summed E-state index contributed by atoms with van der Waals surface area (Å²) in [6, 6.07) is 7.08. The van der Waals surface area contributed by atoms with Gasteiger partial charge in [-0.2, -0.15) is 0 Å². The summed E-state index contributed by atoms with van der Waals surface area (Å²) in [5.74, 6) is -0.287. The third kappa shape index (κ3) is 2.79. The summed E-state index contributed by atoms with van der Waals surface area (Å²) in [6.45, 7) is 3.61. The molecule has 4 rings (SSSR count). The maximum Gasteiger partial charge on any atom is 0.261 e. The molecule has 2 fully saturated rings. The van der Waals surface area contributed by atoms with Gasteiger partial charge < -0.3 is 4.74 Å². The summed E-state index contributed by atoms with van der Waals surface area (Å²) in [5.41, 5.74) is 1.09. The lowest BCUT2D eigenvalue weighted by Gasteiger charge is -2.32. The third-order valence-corrected chi connectivity index (χ3v) is 5.10. The van der Waals surface area contributed by atoms with Crippen molar-refractivity contribution in [3.8, 4) is 0 Å². The Kier molecular flexibility index (Phi) is 3.91. The van der Waals surface area contributed by atoms with Crippen molar-refractivity contribution in [1.29, 1.82) is 0 Å². The molecule has 1 aromatic rings. The van der Waals surface area contributed by atoms with Crippen LogP contribution in [0.1, 0.15) is 46.4 Å². The largest absolute Gasteiger partial charge is 0.372 e. The van der Waals surface area contributed by atoms with E-state index in [0.29, 0.717) is 29.9 Å². The lowest BCUT2D eigenvalue weighted by molar-refractivity contribution is -0.0385. The van der Waals surface area contributed by atoms with Crippen LogP contribution in [0.4, 0.5) is 0 Å². The van der Waals surface area contributed by atoms with E-state index in [2.05, 4.69) is 4.90 Å². The lowest BCUT2D eigenvalue weighted by atomic mass is 10.1. The molecule has 0 radical (unpaired) electrons. The number of hydrogen-bond donors (Lipinski definition) is 0. The number of unbranched alkanes of at least 4 members (excludes halogenated alkanes) is 1. The van der Waals surface area contributed by atoms with Crippen molar-refractivity contribution >= 4 is 11.8 Å². The molecular weight excluding hydrogens is 292 g/mol. The summed E-state index contributed by atoms with van der Waals surface area (Å²) >= 11 is 0. The van der Waals surface area contributed by atoms with Crippen molar-refractivity contribution in [1.82, 2.24) is 9.80 Å². The lowest BCUT2D eigenvalue weighted by Crippen LogP contribution is -2.43. The summed E-state index contributed by atoms with van der Waals surface area (Å²) < 4.78 is 5.84. The van der Waals surface area contributed by atoms with Crippen LogP contribution in [0, 0.1) is 0 Å². The minimum Gasteiger partial charge on any atom is -0.372 e. The Morgan fingerprint density at radius 2 is 1.48 bits per heavy atom. The van der Waals surface area contributed by atoms with Crippen molar-refractivity contribution in [2.45, 2.75) is 37.9 Å². The molecule has 3 heterocycles. The number of hydrogen-bond acceptors (Lipinski definition) is 4. The zero-order chi connectivity index (χ0) is 15.8. The number of carbonyl (C=O) groups excluding carboxylic acids is 2. The van der Waals surface area contributed by atoms with Gasteiger partial charge in [0.15, 0.2) is 0 Å². The number of morpholine rings is 1. The van der Waals surface area contributed by atoms with Crippen LogP contribution in [0.25, 0.3) is 0 Å². The second-order valence-corrected chi connectivity index (χ2v) is 6.73. The number of carbonyl (C=O) groups is 2. The van der Waals surface area contributed by atoms with Crippen molar-refractivity contribution in [2.24, 2.45) is 0 Å². The maximum absolute atomic E-state index is 12.3. The molecule has 1 aromatic carbocycles. The second-order valence-electron chi connectivity index (χ2n) is 6.73. The van der Waals surface area contributed by atoms with Gasteiger partial charge in [-0.1, -0.05) is 12.1 Å². The van der Waals surface area contributed by atoms with Crippen molar-refractivity contribution < 1.29 is 14.3 Å². The molecule has 2 unspecified atom stereocenters. The number of amides is 2. The molecule has 2 amide bonds. The zero-order valence-electron chi connectivity index (χ0n) is 13.2. The van der Waals surface area contributed by atoms with Gasteiger partial charge in [-0.25, -0.2) is 0 Å². The van der Waals surface area contributed by atoms with E-state index >= 15 is 0 Å².